The molecular weight excluding hydrogens is 534 g/mol. The molecule has 8 aromatic rings. The highest BCUT2D eigenvalue weighted by molar-refractivity contribution is 6.09. The third-order valence-corrected chi connectivity index (χ3v) is 8.95. The Morgan fingerprint density at radius 3 is 1.77 bits per heavy atom. The van der Waals surface area contributed by atoms with E-state index in [4.69, 9.17) is 4.98 Å². The van der Waals surface area contributed by atoms with Crippen molar-refractivity contribution in [1.29, 1.82) is 0 Å². The van der Waals surface area contributed by atoms with E-state index < -0.39 is 0 Å². The smallest absolute Gasteiger partial charge is 0.210 e. The first kappa shape index (κ1) is 24.8. The van der Waals surface area contributed by atoms with Gasteiger partial charge in [0, 0.05) is 39.2 Å². The lowest BCUT2D eigenvalue weighted by atomic mass is 10.0. The lowest BCUT2D eigenvalue weighted by molar-refractivity contribution is -0.703. The molecule has 0 bridgehead atoms. The van der Waals surface area contributed by atoms with Gasteiger partial charge in [0.2, 0.25) is 6.04 Å². The van der Waals surface area contributed by atoms with Crippen LogP contribution < -0.4 is 4.57 Å². The molecule has 44 heavy (non-hydrogen) atoms. The third kappa shape index (κ3) is 3.83. The molecule has 5 aromatic carbocycles. The molecule has 9 rings (SSSR count). The maximum Gasteiger partial charge on any atom is 0.210 e. The molecule has 1 aliphatic rings. The summed E-state index contributed by atoms with van der Waals surface area (Å²) < 4.78 is 4.69. The second-order valence-corrected chi connectivity index (χ2v) is 11.4. The summed E-state index contributed by atoms with van der Waals surface area (Å²) in [5, 5.41) is 2.53. The normalized spacial score (nSPS) is 12.5. The number of benzene rings is 5. The van der Waals surface area contributed by atoms with Crippen LogP contribution in [0.5, 0.6) is 0 Å². The lowest BCUT2D eigenvalue weighted by Crippen LogP contribution is -2.39. The van der Waals surface area contributed by atoms with Gasteiger partial charge in [0.05, 0.1) is 28.0 Å². The van der Waals surface area contributed by atoms with Crippen LogP contribution in [0.3, 0.4) is 0 Å². The molecule has 0 amide bonds. The predicted molar refractivity (Wildman–Crippen MR) is 179 cm³/mol. The van der Waals surface area contributed by atoms with Gasteiger partial charge >= 0.3 is 0 Å². The molecule has 0 aliphatic heterocycles. The number of pyridine rings is 2. The van der Waals surface area contributed by atoms with E-state index in [9.17, 15) is 0 Å². The Morgan fingerprint density at radius 2 is 1.07 bits per heavy atom. The highest BCUT2D eigenvalue weighted by atomic mass is 15.0. The van der Waals surface area contributed by atoms with Gasteiger partial charge in [-0.3, -0.25) is 0 Å². The van der Waals surface area contributed by atoms with Crippen LogP contribution in [0.1, 0.15) is 17.2 Å². The molecule has 0 fully saturated rings. The van der Waals surface area contributed by atoms with E-state index in [1.54, 1.807) is 0 Å². The minimum Gasteiger partial charge on any atom is -0.309 e. The van der Waals surface area contributed by atoms with Gasteiger partial charge in [-0.05, 0) is 53.6 Å². The van der Waals surface area contributed by atoms with Gasteiger partial charge in [0.15, 0.2) is 12.4 Å². The topological polar surface area (TPSA) is 21.7 Å². The van der Waals surface area contributed by atoms with Crippen molar-refractivity contribution >= 4 is 21.8 Å². The van der Waals surface area contributed by atoms with Gasteiger partial charge in [0.1, 0.15) is 0 Å². The lowest BCUT2D eigenvalue weighted by Gasteiger charge is -2.11. The van der Waals surface area contributed by atoms with Crippen LogP contribution in [-0.2, 0) is 0 Å². The predicted octanol–water partition coefficient (Wildman–Crippen LogP) is 9.42. The first-order chi connectivity index (χ1) is 21.8. The standard InChI is InChI=1S/C41H28N3/c1-3-19-35-31(15-1)32-16-2-4-20-36(32)41(35)43-25-11-13-29(27-43)38-22-10-21-37(42-38)28-12-9-14-30(26-28)44-39-23-7-5-17-33(39)34-18-6-8-24-40(34)44/h1-27,41H/q+1. The highest BCUT2D eigenvalue weighted by Crippen LogP contribution is 2.43. The average Bonchev–Trinajstić information content (AvgIpc) is 3.62. The highest BCUT2D eigenvalue weighted by Gasteiger charge is 2.35. The average molecular weight is 563 g/mol. The fourth-order valence-electron chi connectivity index (χ4n) is 7.02. The molecular formula is C41H28N3+. The van der Waals surface area contributed by atoms with Gasteiger partial charge in [-0.1, -0.05) is 103 Å². The van der Waals surface area contributed by atoms with Crippen LogP contribution in [0.25, 0.3) is 61.1 Å². The molecule has 206 valence electrons. The number of para-hydroxylation sites is 2. The molecule has 0 radical (unpaired) electrons. The summed E-state index contributed by atoms with van der Waals surface area (Å²) in [7, 11) is 0. The van der Waals surface area contributed by atoms with Gasteiger partial charge < -0.3 is 4.57 Å². The molecule has 3 nitrogen and oxygen atoms in total. The van der Waals surface area contributed by atoms with E-state index in [0.29, 0.717) is 0 Å². The van der Waals surface area contributed by atoms with E-state index in [0.717, 1.165) is 28.2 Å². The van der Waals surface area contributed by atoms with Crippen LogP contribution in [0.15, 0.2) is 164 Å². The first-order valence-electron chi connectivity index (χ1n) is 15.1. The van der Waals surface area contributed by atoms with E-state index >= 15 is 0 Å². The Balaban J connectivity index is 1.12. The van der Waals surface area contributed by atoms with Gasteiger partial charge in [-0.25, -0.2) is 4.98 Å². The van der Waals surface area contributed by atoms with Crippen molar-refractivity contribution < 1.29 is 4.57 Å². The van der Waals surface area contributed by atoms with E-state index in [2.05, 4.69) is 173 Å². The number of rotatable bonds is 4. The largest absolute Gasteiger partial charge is 0.309 e. The SMILES string of the molecule is c1cc(-c2cccc(-c3ccc[n+](C4c5ccccc5-c5ccccc54)c3)n2)cc(-n2c3ccccc3c3ccccc32)c1. The Hall–Kier alpha value is -5.80. The van der Waals surface area contributed by atoms with Gasteiger partial charge in [0.25, 0.3) is 0 Å². The Kier molecular flexibility index (Phi) is 5.57. The zero-order chi connectivity index (χ0) is 29.0. The maximum atomic E-state index is 5.19. The Labute approximate surface area is 256 Å². The molecule has 0 spiro atoms. The molecule has 0 saturated carbocycles. The van der Waals surface area contributed by atoms with Crippen molar-refractivity contribution in [1.82, 2.24) is 9.55 Å². The summed E-state index contributed by atoms with van der Waals surface area (Å²) in [6, 6.07) is 54.3. The number of nitrogens with zero attached hydrogens (tertiary/aromatic N) is 3. The van der Waals surface area contributed by atoms with E-state index in [1.165, 1.54) is 44.1 Å². The van der Waals surface area contributed by atoms with Crippen LogP contribution in [-0.4, -0.2) is 9.55 Å². The summed E-state index contributed by atoms with van der Waals surface area (Å²) in [4.78, 5) is 5.19. The number of fused-ring (bicyclic) bond motifs is 6. The molecule has 0 saturated heterocycles. The zero-order valence-electron chi connectivity index (χ0n) is 24.0. The Bertz CT molecular complexity index is 2260. The van der Waals surface area contributed by atoms with Gasteiger partial charge in [-0.2, -0.15) is 4.57 Å². The van der Waals surface area contributed by atoms with Crippen molar-refractivity contribution in [2.75, 3.05) is 0 Å². The second kappa shape index (κ2) is 9.89. The van der Waals surface area contributed by atoms with Crippen molar-refractivity contribution in [2.45, 2.75) is 6.04 Å². The van der Waals surface area contributed by atoms with Crippen molar-refractivity contribution in [3.05, 3.63) is 175 Å². The summed E-state index contributed by atoms with van der Waals surface area (Å²) in [6.07, 6.45) is 4.41. The van der Waals surface area contributed by atoms with Crippen LogP contribution in [0.4, 0.5) is 0 Å². The van der Waals surface area contributed by atoms with E-state index in [-0.39, 0.29) is 6.04 Å². The number of aromatic nitrogens is 3. The maximum absolute atomic E-state index is 5.19. The summed E-state index contributed by atoms with van der Waals surface area (Å²) >= 11 is 0. The third-order valence-electron chi connectivity index (χ3n) is 8.95. The van der Waals surface area contributed by atoms with Gasteiger partial charge in [-0.15, -0.1) is 0 Å². The zero-order valence-corrected chi connectivity index (χ0v) is 24.0. The monoisotopic (exact) mass is 562 g/mol. The van der Waals surface area contributed by atoms with Crippen molar-refractivity contribution in [3.63, 3.8) is 0 Å². The molecule has 0 N–H and O–H groups in total. The summed E-state index contributed by atoms with van der Waals surface area (Å²) in [5.74, 6) is 0. The first-order valence-corrected chi connectivity index (χ1v) is 15.1. The van der Waals surface area contributed by atoms with Crippen LogP contribution in [0, 0.1) is 0 Å². The minimum atomic E-state index is 0.133. The molecule has 3 heterocycles. The minimum absolute atomic E-state index is 0.133. The molecule has 0 atom stereocenters. The Morgan fingerprint density at radius 1 is 0.500 bits per heavy atom. The summed E-state index contributed by atoms with van der Waals surface area (Å²) in [5.41, 5.74) is 12.9. The quantitative estimate of drug-likeness (QED) is 0.196. The number of hydrogen-bond donors (Lipinski definition) is 0. The molecule has 3 heteroatoms. The summed E-state index contributed by atoms with van der Waals surface area (Å²) in [6.45, 7) is 0. The molecule has 1 aliphatic carbocycles. The fraction of sp³-hybridized carbons (Fsp3) is 0.0244. The fourth-order valence-corrected chi connectivity index (χ4v) is 7.02. The molecule has 0 unspecified atom stereocenters. The molecule has 3 aromatic heterocycles. The van der Waals surface area contributed by atoms with Crippen LogP contribution >= 0.6 is 0 Å². The van der Waals surface area contributed by atoms with Crippen LogP contribution in [0.2, 0.25) is 0 Å². The van der Waals surface area contributed by atoms with Crippen molar-refractivity contribution in [2.24, 2.45) is 0 Å². The van der Waals surface area contributed by atoms with Crippen molar-refractivity contribution in [3.8, 4) is 39.3 Å². The second-order valence-electron chi connectivity index (χ2n) is 11.4. The number of hydrogen-bond acceptors (Lipinski definition) is 1. The van der Waals surface area contributed by atoms with E-state index in [1.807, 2.05) is 0 Å².